The van der Waals surface area contributed by atoms with E-state index in [-0.39, 0.29) is 29.8 Å². The van der Waals surface area contributed by atoms with Crippen molar-refractivity contribution >= 4 is 34.8 Å². The monoisotopic (exact) mass is 841 g/mol. The summed E-state index contributed by atoms with van der Waals surface area (Å²) in [5.41, 5.74) is 4.31. The van der Waals surface area contributed by atoms with E-state index in [9.17, 15) is 19.2 Å². The molecule has 0 radical (unpaired) electrons. The van der Waals surface area contributed by atoms with Crippen molar-refractivity contribution in [2.45, 2.75) is 63.7 Å². The van der Waals surface area contributed by atoms with Crippen LogP contribution in [-0.2, 0) is 19.1 Å². The third-order valence-corrected chi connectivity index (χ3v) is 11.7. The number of alkyl carbamates (subject to hydrolysis) is 2. The molecule has 62 heavy (non-hydrogen) atoms. The Balaban J connectivity index is 0.961. The number of hydrogen-bond acceptors (Lipinski definition) is 9. The van der Waals surface area contributed by atoms with Gasteiger partial charge >= 0.3 is 12.2 Å². The number of nitrogens with zero attached hydrogens (tertiary/aromatic N) is 5. The van der Waals surface area contributed by atoms with E-state index in [1.807, 2.05) is 62.4 Å². The minimum absolute atomic E-state index is 0.156. The molecule has 15 nitrogen and oxygen atoms in total. The first-order valence-electron chi connectivity index (χ1n) is 20.7. The van der Waals surface area contributed by atoms with Gasteiger partial charge in [-0.15, -0.1) is 0 Å². The van der Waals surface area contributed by atoms with Gasteiger partial charge in [0.2, 0.25) is 5.91 Å². The Morgan fingerprint density at radius 2 is 1.31 bits per heavy atom. The SMILES string of the molecule is COC(=O)NC(C(=O)N1CCCC1c1ncc(-c2ccc3cc(-c4ccc(-c5cnc(C6CCCN6C(=O)C(NC(=O)OC)C(C)C)[nH]5)cc4F)ncc3c2)[nH]1)c1ccccc1. The normalized spacial score (nSPS) is 17.3. The maximum Gasteiger partial charge on any atom is 0.407 e. The molecule has 4 amide bonds. The standard InChI is InChI=1S/C46H48FN9O6/c1-26(2)39(53-45(59)61-3)43(57)55-18-8-12-37(55)41-50-25-36(52-41)30-16-17-32(33(47)21-30)34-22-28-14-15-29(20-31(28)23-48-34)35-24-49-42(51-35)38-13-9-19-56(38)44(58)40(54-46(60)62-4)27-10-6-5-7-11-27/h5-7,10-11,14-17,20-26,37-40H,8-9,12-13,18-19H2,1-4H3,(H,49,51)(H,50,52)(H,53,59)(H,54,60). The largest absolute Gasteiger partial charge is 0.453 e. The summed E-state index contributed by atoms with van der Waals surface area (Å²) in [5.74, 6) is 0.184. The second kappa shape index (κ2) is 17.9. The lowest BCUT2D eigenvalue weighted by atomic mass is 10.0. The zero-order valence-corrected chi connectivity index (χ0v) is 34.9. The van der Waals surface area contributed by atoms with Crippen LogP contribution in [0, 0.1) is 11.7 Å². The van der Waals surface area contributed by atoms with Crippen LogP contribution in [0.3, 0.4) is 0 Å². The third kappa shape index (κ3) is 8.44. The summed E-state index contributed by atoms with van der Waals surface area (Å²) < 4.78 is 25.4. The average molecular weight is 842 g/mol. The fourth-order valence-electron chi connectivity index (χ4n) is 8.44. The molecule has 8 rings (SSSR count). The number of halogens is 1. The number of carbonyl (C=O) groups excluding carboxylic acids is 4. The zero-order chi connectivity index (χ0) is 43.5. The van der Waals surface area contributed by atoms with E-state index in [1.54, 1.807) is 46.6 Å². The van der Waals surface area contributed by atoms with Crippen molar-refractivity contribution in [3.63, 3.8) is 0 Å². The van der Waals surface area contributed by atoms with Gasteiger partial charge in [0, 0.05) is 41.4 Å². The smallest absolute Gasteiger partial charge is 0.407 e. The van der Waals surface area contributed by atoms with Gasteiger partial charge in [-0.25, -0.2) is 23.9 Å². The second-order valence-corrected chi connectivity index (χ2v) is 15.9. The highest BCUT2D eigenvalue weighted by Crippen LogP contribution is 2.36. The van der Waals surface area contributed by atoms with Crippen molar-refractivity contribution < 1.29 is 33.0 Å². The van der Waals surface area contributed by atoms with Gasteiger partial charge in [0.15, 0.2) is 0 Å². The minimum atomic E-state index is -0.913. The van der Waals surface area contributed by atoms with Crippen LogP contribution >= 0.6 is 0 Å². The topological polar surface area (TPSA) is 188 Å². The van der Waals surface area contributed by atoms with E-state index in [2.05, 4.69) is 35.6 Å². The van der Waals surface area contributed by atoms with Gasteiger partial charge in [0.05, 0.1) is 55.8 Å². The van der Waals surface area contributed by atoms with Crippen molar-refractivity contribution in [2.75, 3.05) is 27.3 Å². The Hall–Kier alpha value is -7.10. The van der Waals surface area contributed by atoms with Crippen LogP contribution in [0.2, 0.25) is 0 Å². The number of H-pyrrole nitrogens is 2. The van der Waals surface area contributed by atoms with E-state index in [4.69, 9.17) is 9.47 Å². The zero-order valence-electron chi connectivity index (χ0n) is 34.9. The molecule has 2 aliphatic heterocycles. The second-order valence-electron chi connectivity index (χ2n) is 15.9. The summed E-state index contributed by atoms with van der Waals surface area (Å²) in [6, 6.07) is 19.5. The molecule has 2 fully saturated rings. The molecular weight excluding hydrogens is 794 g/mol. The maximum atomic E-state index is 15.9. The van der Waals surface area contributed by atoms with Crippen LogP contribution in [0.15, 0.2) is 91.4 Å². The molecular formula is C46H48FN9O6. The number of rotatable bonds is 11. The highest BCUT2D eigenvalue weighted by atomic mass is 19.1. The van der Waals surface area contributed by atoms with Gasteiger partial charge in [-0.05, 0) is 66.8 Å². The number of amides is 4. The van der Waals surface area contributed by atoms with Gasteiger partial charge in [0.1, 0.15) is 29.5 Å². The van der Waals surface area contributed by atoms with Gasteiger partial charge in [0.25, 0.3) is 5.91 Å². The van der Waals surface area contributed by atoms with Gasteiger partial charge in [-0.2, -0.15) is 0 Å². The Labute approximate surface area is 357 Å². The molecule has 4 N–H and O–H groups in total. The van der Waals surface area contributed by atoms with E-state index in [0.717, 1.165) is 34.9 Å². The van der Waals surface area contributed by atoms with E-state index in [1.165, 1.54) is 20.3 Å². The number of likely N-dealkylation sites (tertiary alicyclic amines) is 2. The maximum absolute atomic E-state index is 15.9. The summed E-state index contributed by atoms with van der Waals surface area (Å²) in [4.78, 5) is 75.8. The minimum Gasteiger partial charge on any atom is -0.453 e. The Morgan fingerprint density at radius 1 is 0.710 bits per heavy atom. The number of aromatic nitrogens is 5. The fourth-order valence-corrected chi connectivity index (χ4v) is 8.44. The van der Waals surface area contributed by atoms with Crippen molar-refractivity contribution in [1.82, 2.24) is 45.4 Å². The quantitative estimate of drug-likeness (QED) is 0.102. The van der Waals surface area contributed by atoms with E-state index >= 15 is 4.39 Å². The fraction of sp³-hybridized carbons (Fsp3) is 0.326. The Morgan fingerprint density at radius 3 is 1.92 bits per heavy atom. The van der Waals surface area contributed by atoms with Crippen molar-refractivity contribution in [2.24, 2.45) is 5.92 Å². The summed E-state index contributed by atoms with van der Waals surface area (Å²) >= 11 is 0. The Bertz CT molecular complexity index is 2610. The molecule has 16 heteroatoms. The molecule has 2 aliphatic rings. The van der Waals surface area contributed by atoms with E-state index in [0.29, 0.717) is 65.7 Å². The van der Waals surface area contributed by atoms with Crippen molar-refractivity contribution in [3.8, 4) is 33.8 Å². The summed E-state index contributed by atoms with van der Waals surface area (Å²) in [6.07, 6.45) is 6.72. The first-order valence-corrected chi connectivity index (χ1v) is 20.7. The van der Waals surface area contributed by atoms with Gasteiger partial charge in [-0.1, -0.05) is 62.4 Å². The molecule has 0 bridgehead atoms. The number of fused-ring (bicyclic) bond motifs is 1. The van der Waals surface area contributed by atoms with Crippen LogP contribution in [0.1, 0.15) is 74.9 Å². The van der Waals surface area contributed by atoms with Crippen LogP contribution < -0.4 is 10.6 Å². The van der Waals surface area contributed by atoms with Crippen molar-refractivity contribution in [3.05, 3.63) is 114 Å². The number of hydrogen-bond donors (Lipinski definition) is 4. The molecule has 3 aromatic heterocycles. The summed E-state index contributed by atoms with van der Waals surface area (Å²) in [5, 5.41) is 7.07. The molecule has 4 atom stereocenters. The summed E-state index contributed by atoms with van der Waals surface area (Å²) in [7, 11) is 2.53. The van der Waals surface area contributed by atoms with Crippen LogP contribution in [0.25, 0.3) is 44.5 Å². The molecule has 0 spiro atoms. The molecule has 0 aliphatic carbocycles. The number of pyridine rings is 1. The number of methoxy groups -OCH3 is 2. The lowest BCUT2D eigenvalue weighted by molar-refractivity contribution is -0.135. The first-order chi connectivity index (χ1) is 30.0. The van der Waals surface area contributed by atoms with Crippen molar-refractivity contribution in [1.29, 1.82) is 0 Å². The highest BCUT2D eigenvalue weighted by molar-refractivity contribution is 5.90. The lowest BCUT2D eigenvalue weighted by Crippen LogP contribution is -2.51. The molecule has 320 valence electrons. The molecule has 3 aromatic carbocycles. The number of imidazole rings is 2. The molecule has 2 saturated heterocycles. The number of carbonyl (C=O) groups is 4. The first kappa shape index (κ1) is 41.6. The predicted octanol–water partition coefficient (Wildman–Crippen LogP) is 7.63. The number of ether oxygens (including phenoxy) is 2. The van der Waals surface area contributed by atoms with Crippen LogP contribution in [-0.4, -0.2) is 92.1 Å². The van der Waals surface area contributed by atoms with Crippen LogP contribution in [0.4, 0.5) is 14.0 Å². The summed E-state index contributed by atoms with van der Waals surface area (Å²) in [6.45, 7) is 4.77. The average Bonchev–Trinajstić information content (AvgIpc) is 4.14. The molecule has 6 aromatic rings. The van der Waals surface area contributed by atoms with E-state index < -0.39 is 30.1 Å². The molecule has 4 unspecified atom stereocenters. The highest BCUT2D eigenvalue weighted by Gasteiger charge is 2.39. The number of benzene rings is 3. The molecule has 5 heterocycles. The number of aromatic amines is 2. The Kier molecular flexibility index (Phi) is 12.0. The van der Waals surface area contributed by atoms with Gasteiger partial charge in [-0.3, -0.25) is 14.6 Å². The lowest BCUT2D eigenvalue weighted by Gasteiger charge is -2.30. The van der Waals surface area contributed by atoms with Gasteiger partial charge < -0.3 is 39.9 Å². The predicted molar refractivity (Wildman–Crippen MR) is 229 cm³/mol. The molecule has 0 saturated carbocycles. The number of nitrogens with one attached hydrogen (secondary N) is 4. The van der Waals surface area contributed by atoms with Crippen LogP contribution in [0.5, 0.6) is 0 Å². The third-order valence-electron chi connectivity index (χ3n) is 11.7.